The molecule has 0 bridgehead atoms. The molecule has 0 aliphatic carbocycles. The Morgan fingerprint density at radius 3 is 2.69 bits per heavy atom. The maximum atomic E-state index is 11.9. The fraction of sp³-hybridized carbons (Fsp3) is 0.500. The number of aliphatic hydroxyl groups excluding tert-OH is 1. The van der Waals surface area contributed by atoms with Gasteiger partial charge < -0.3 is 15.3 Å². The highest BCUT2D eigenvalue weighted by Gasteiger charge is 2.15. The van der Waals surface area contributed by atoms with Crippen molar-refractivity contribution in [2.24, 2.45) is 0 Å². The lowest BCUT2D eigenvalue weighted by Gasteiger charge is -2.18. The minimum Gasteiger partial charge on any atom is -0.395 e. The lowest BCUT2D eigenvalue weighted by molar-refractivity contribution is 0.0725. The zero-order valence-electron chi connectivity index (χ0n) is 9.47. The van der Waals surface area contributed by atoms with Crippen LogP contribution >= 0.6 is 0 Å². The monoisotopic (exact) mass is 224 g/mol. The molecule has 0 spiro atoms. The van der Waals surface area contributed by atoms with E-state index in [1.807, 2.05) is 6.92 Å². The van der Waals surface area contributed by atoms with Crippen molar-refractivity contribution in [3.05, 3.63) is 17.8 Å². The molecule has 16 heavy (non-hydrogen) atoms. The van der Waals surface area contributed by atoms with Gasteiger partial charge in [-0.1, -0.05) is 0 Å². The van der Waals surface area contributed by atoms with Gasteiger partial charge >= 0.3 is 0 Å². The van der Waals surface area contributed by atoms with Crippen LogP contribution in [-0.2, 0) is 0 Å². The van der Waals surface area contributed by atoms with Crippen molar-refractivity contribution in [1.82, 2.24) is 15.1 Å². The molecule has 0 saturated carbocycles. The normalized spacial score (nSPS) is 9.94. The average Bonchev–Trinajstić information content (AvgIpc) is 2.35. The third-order valence-corrected chi connectivity index (χ3v) is 2.18. The molecule has 0 saturated heterocycles. The Morgan fingerprint density at radius 1 is 1.50 bits per heavy atom. The Kier molecular flexibility index (Phi) is 4.65. The number of likely N-dealkylation sites (N-methyl/N-ethyl adjacent to an activating group) is 1. The molecule has 1 rings (SSSR count). The zero-order valence-corrected chi connectivity index (χ0v) is 9.47. The molecule has 1 aromatic rings. The fourth-order valence-corrected chi connectivity index (χ4v) is 1.27. The summed E-state index contributed by atoms with van der Waals surface area (Å²) in [5.74, 6) is 0.397. The second kappa shape index (κ2) is 6.02. The Morgan fingerprint density at radius 2 is 2.25 bits per heavy atom. The van der Waals surface area contributed by atoms with Gasteiger partial charge in [0.2, 0.25) is 0 Å². The van der Waals surface area contributed by atoms with Crippen LogP contribution in [-0.4, -0.2) is 52.9 Å². The lowest BCUT2D eigenvalue weighted by Crippen LogP contribution is -2.34. The summed E-state index contributed by atoms with van der Waals surface area (Å²) in [6, 6.07) is 3.30. The van der Waals surface area contributed by atoms with Gasteiger partial charge in [0.15, 0.2) is 5.69 Å². The van der Waals surface area contributed by atoms with E-state index in [1.54, 1.807) is 19.2 Å². The number of rotatable bonds is 5. The van der Waals surface area contributed by atoms with Crippen LogP contribution in [0.15, 0.2) is 12.1 Å². The van der Waals surface area contributed by atoms with Crippen LogP contribution in [0, 0.1) is 0 Å². The van der Waals surface area contributed by atoms with Crippen LogP contribution < -0.4 is 5.32 Å². The molecule has 2 N–H and O–H groups in total. The molecule has 0 unspecified atom stereocenters. The molecule has 88 valence electrons. The number of hydrogen-bond acceptors (Lipinski definition) is 5. The largest absolute Gasteiger partial charge is 0.395 e. The van der Waals surface area contributed by atoms with Crippen molar-refractivity contribution >= 4 is 11.7 Å². The Hall–Kier alpha value is -1.69. The van der Waals surface area contributed by atoms with E-state index in [1.165, 1.54) is 4.90 Å². The molecule has 0 aromatic carbocycles. The molecular weight excluding hydrogens is 208 g/mol. The van der Waals surface area contributed by atoms with E-state index in [4.69, 9.17) is 5.11 Å². The van der Waals surface area contributed by atoms with E-state index in [9.17, 15) is 4.79 Å². The highest BCUT2D eigenvalue weighted by molar-refractivity contribution is 5.92. The summed E-state index contributed by atoms with van der Waals surface area (Å²) in [5, 5.41) is 19.3. The van der Waals surface area contributed by atoms with E-state index >= 15 is 0 Å². The number of aliphatic hydroxyl groups is 1. The molecule has 0 fully saturated rings. The number of carbonyl (C=O) groups excluding carboxylic acids is 1. The third-order valence-electron chi connectivity index (χ3n) is 2.18. The maximum absolute atomic E-state index is 11.9. The first-order valence-electron chi connectivity index (χ1n) is 5.14. The fourth-order valence-electron chi connectivity index (χ4n) is 1.27. The van der Waals surface area contributed by atoms with Crippen molar-refractivity contribution in [3.8, 4) is 0 Å². The van der Waals surface area contributed by atoms with E-state index in [2.05, 4.69) is 15.5 Å². The number of anilines is 1. The summed E-state index contributed by atoms with van der Waals surface area (Å²) in [5.41, 5.74) is 0.286. The van der Waals surface area contributed by atoms with Gasteiger partial charge in [-0.3, -0.25) is 4.79 Å². The van der Waals surface area contributed by atoms with Gasteiger partial charge in [0.1, 0.15) is 5.82 Å². The molecule has 6 nitrogen and oxygen atoms in total. The summed E-state index contributed by atoms with van der Waals surface area (Å²) < 4.78 is 0. The highest BCUT2D eigenvalue weighted by atomic mass is 16.3. The van der Waals surface area contributed by atoms with Gasteiger partial charge in [0.05, 0.1) is 6.61 Å². The second-order valence-corrected chi connectivity index (χ2v) is 3.16. The standard InChI is InChI=1S/C10H16N4O2/c1-3-14(6-7-15)10(16)8-4-5-9(11-2)13-12-8/h4-5,15H,3,6-7H2,1-2H3,(H,11,13). The van der Waals surface area contributed by atoms with Crippen LogP contribution in [0.1, 0.15) is 17.4 Å². The number of carbonyl (C=O) groups is 1. The van der Waals surface area contributed by atoms with Gasteiger partial charge in [-0.05, 0) is 19.1 Å². The van der Waals surface area contributed by atoms with Gasteiger partial charge in [0, 0.05) is 20.1 Å². The number of hydrogen-bond donors (Lipinski definition) is 2. The highest BCUT2D eigenvalue weighted by Crippen LogP contribution is 2.04. The van der Waals surface area contributed by atoms with Crippen LogP contribution in [0.5, 0.6) is 0 Å². The number of nitrogens with zero attached hydrogens (tertiary/aromatic N) is 3. The summed E-state index contributed by atoms with van der Waals surface area (Å²) in [7, 11) is 1.73. The predicted molar refractivity (Wildman–Crippen MR) is 60.2 cm³/mol. The predicted octanol–water partition coefficient (Wildman–Crippen LogP) is -0.0273. The number of amides is 1. The quantitative estimate of drug-likeness (QED) is 0.734. The SMILES string of the molecule is CCN(CCO)C(=O)c1ccc(NC)nn1. The number of aromatic nitrogens is 2. The van der Waals surface area contributed by atoms with Crippen molar-refractivity contribution in [2.75, 3.05) is 32.1 Å². The summed E-state index contributed by atoms with van der Waals surface area (Å²) >= 11 is 0. The van der Waals surface area contributed by atoms with Crippen molar-refractivity contribution in [2.45, 2.75) is 6.92 Å². The van der Waals surface area contributed by atoms with E-state index in [0.717, 1.165) is 0 Å². The van der Waals surface area contributed by atoms with Gasteiger partial charge in [-0.15, -0.1) is 10.2 Å². The topological polar surface area (TPSA) is 78.4 Å². The van der Waals surface area contributed by atoms with Gasteiger partial charge in [-0.25, -0.2) is 0 Å². The van der Waals surface area contributed by atoms with E-state index in [0.29, 0.717) is 18.9 Å². The first-order chi connectivity index (χ1) is 7.72. The van der Waals surface area contributed by atoms with Crippen molar-refractivity contribution < 1.29 is 9.90 Å². The molecule has 0 radical (unpaired) electrons. The van der Waals surface area contributed by atoms with E-state index < -0.39 is 0 Å². The zero-order chi connectivity index (χ0) is 12.0. The van der Waals surface area contributed by atoms with Gasteiger partial charge in [0.25, 0.3) is 5.91 Å². The maximum Gasteiger partial charge on any atom is 0.274 e. The van der Waals surface area contributed by atoms with Crippen molar-refractivity contribution in [3.63, 3.8) is 0 Å². The van der Waals surface area contributed by atoms with Crippen LogP contribution in [0.2, 0.25) is 0 Å². The van der Waals surface area contributed by atoms with Crippen LogP contribution in [0.25, 0.3) is 0 Å². The Balaban J connectivity index is 2.78. The Labute approximate surface area is 94.3 Å². The van der Waals surface area contributed by atoms with Crippen LogP contribution in [0.3, 0.4) is 0 Å². The van der Waals surface area contributed by atoms with Crippen molar-refractivity contribution in [1.29, 1.82) is 0 Å². The molecule has 1 aromatic heterocycles. The van der Waals surface area contributed by atoms with Gasteiger partial charge in [-0.2, -0.15) is 0 Å². The summed E-state index contributed by atoms with van der Waals surface area (Å²) in [4.78, 5) is 13.4. The van der Waals surface area contributed by atoms with Crippen LogP contribution in [0.4, 0.5) is 5.82 Å². The molecule has 6 heteroatoms. The average molecular weight is 224 g/mol. The summed E-state index contributed by atoms with van der Waals surface area (Å²) in [6.45, 7) is 2.64. The second-order valence-electron chi connectivity index (χ2n) is 3.16. The third kappa shape index (κ3) is 2.90. The molecular formula is C10H16N4O2. The first kappa shape index (κ1) is 12.4. The molecule has 0 aliphatic rings. The smallest absolute Gasteiger partial charge is 0.274 e. The first-order valence-corrected chi connectivity index (χ1v) is 5.14. The number of nitrogens with one attached hydrogen (secondary N) is 1. The molecule has 0 atom stereocenters. The van der Waals surface area contributed by atoms with E-state index in [-0.39, 0.29) is 18.2 Å². The Bertz CT molecular complexity index is 339. The molecule has 1 heterocycles. The molecule has 1 amide bonds. The summed E-state index contributed by atoms with van der Waals surface area (Å²) in [6.07, 6.45) is 0. The minimum atomic E-state index is -0.216. The molecule has 0 aliphatic heterocycles. The lowest BCUT2D eigenvalue weighted by atomic mass is 10.3. The minimum absolute atomic E-state index is 0.0540.